The molecule has 0 fully saturated rings. The van der Waals surface area contributed by atoms with E-state index in [4.69, 9.17) is 14.2 Å². The van der Waals surface area contributed by atoms with Crippen molar-refractivity contribution in [1.29, 1.82) is 0 Å². The third-order valence-corrected chi connectivity index (χ3v) is 3.76. The van der Waals surface area contributed by atoms with Gasteiger partial charge in [-0.2, -0.15) is 8.78 Å². The van der Waals surface area contributed by atoms with Crippen molar-refractivity contribution in [1.82, 2.24) is 0 Å². The number of halogens is 2. The molecule has 27 heavy (non-hydrogen) atoms. The van der Waals surface area contributed by atoms with Gasteiger partial charge in [-0.1, -0.05) is 12.1 Å². The van der Waals surface area contributed by atoms with Gasteiger partial charge in [-0.05, 0) is 43.3 Å². The quantitative estimate of drug-likeness (QED) is 0.531. The smallest absolute Gasteiger partial charge is 0.387 e. The Labute approximate surface area is 155 Å². The Morgan fingerprint density at radius 2 is 1.96 bits per heavy atom. The number of rotatable bonds is 7. The van der Waals surface area contributed by atoms with E-state index in [1.54, 1.807) is 37.3 Å². The summed E-state index contributed by atoms with van der Waals surface area (Å²) in [4.78, 5) is 12.4. The summed E-state index contributed by atoms with van der Waals surface area (Å²) in [6.45, 7) is -0.0992. The molecule has 3 rings (SSSR count). The molecule has 0 N–H and O–H groups in total. The van der Waals surface area contributed by atoms with Crippen molar-refractivity contribution in [3.05, 3.63) is 53.6 Å². The second-order valence-corrected chi connectivity index (χ2v) is 5.54. The molecule has 0 radical (unpaired) electrons. The third-order valence-electron chi connectivity index (χ3n) is 3.76. The van der Waals surface area contributed by atoms with Gasteiger partial charge in [0.05, 0.1) is 6.61 Å². The number of carbonyl (C=O) groups excluding carboxylic acids is 1. The van der Waals surface area contributed by atoms with Crippen molar-refractivity contribution in [2.24, 2.45) is 0 Å². The SMILES string of the molecule is CCOc1cccc(/C=C/C(=O)c2ccc3c(c2)OCCO3)c1OC(F)F. The number of benzene rings is 2. The van der Waals surface area contributed by atoms with Crippen molar-refractivity contribution in [2.75, 3.05) is 19.8 Å². The van der Waals surface area contributed by atoms with Gasteiger partial charge in [-0.3, -0.25) is 4.79 Å². The van der Waals surface area contributed by atoms with Crippen molar-refractivity contribution in [2.45, 2.75) is 13.5 Å². The minimum atomic E-state index is -3.01. The number of carbonyl (C=O) groups is 1. The molecule has 0 atom stereocenters. The van der Waals surface area contributed by atoms with E-state index in [-0.39, 0.29) is 17.3 Å². The highest BCUT2D eigenvalue weighted by atomic mass is 19.3. The van der Waals surface area contributed by atoms with E-state index in [1.807, 2.05) is 0 Å². The van der Waals surface area contributed by atoms with Crippen LogP contribution in [0.1, 0.15) is 22.8 Å². The molecule has 1 aliphatic rings. The average molecular weight is 376 g/mol. The number of ether oxygens (including phenoxy) is 4. The van der Waals surface area contributed by atoms with E-state index in [0.29, 0.717) is 42.4 Å². The lowest BCUT2D eigenvalue weighted by atomic mass is 10.1. The first-order valence-corrected chi connectivity index (χ1v) is 8.41. The summed E-state index contributed by atoms with van der Waals surface area (Å²) >= 11 is 0. The van der Waals surface area contributed by atoms with E-state index in [0.717, 1.165) is 0 Å². The maximum absolute atomic E-state index is 12.8. The Bertz CT molecular complexity index is 848. The summed E-state index contributed by atoms with van der Waals surface area (Å²) in [6.07, 6.45) is 2.70. The first-order chi connectivity index (χ1) is 13.1. The molecule has 0 saturated carbocycles. The van der Waals surface area contributed by atoms with Crippen LogP contribution >= 0.6 is 0 Å². The van der Waals surface area contributed by atoms with Gasteiger partial charge in [-0.25, -0.2) is 0 Å². The van der Waals surface area contributed by atoms with Gasteiger partial charge >= 0.3 is 6.61 Å². The van der Waals surface area contributed by atoms with Crippen LogP contribution in [0.5, 0.6) is 23.0 Å². The van der Waals surface area contributed by atoms with E-state index in [1.165, 1.54) is 18.2 Å². The zero-order chi connectivity index (χ0) is 19.2. The molecule has 0 spiro atoms. The highest BCUT2D eigenvalue weighted by molar-refractivity contribution is 6.07. The van der Waals surface area contributed by atoms with Gasteiger partial charge in [0.25, 0.3) is 0 Å². The van der Waals surface area contributed by atoms with E-state index < -0.39 is 6.61 Å². The maximum atomic E-state index is 12.8. The monoisotopic (exact) mass is 376 g/mol. The third kappa shape index (κ3) is 4.55. The molecule has 1 aliphatic heterocycles. The molecule has 0 aromatic heterocycles. The first kappa shape index (κ1) is 18.7. The normalized spacial score (nSPS) is 13.0. The number of allylic oxidation sites excluding steroid dienone is 1. The molecule has 0 saturated heterocycles. The summed E-state index contributed by atoms with van der Waals surface area (Å²) < 4.78 is 46.3. The summed E-state index contributed by atoms with van der Waals surface area (Å²) in [6, 6.07) is 9.60. The topological polar surface area (TPSA) is 54.0 Å². The Morgan fingerprint density at radius 1 is 1.19 bits per heavy atom. The van der Waals surface area contributed by atoms with Crippen LogP contribution in [0.4, 0.5) is 8.78 Å². The fourth-order valence-electron chi connectivity index (χ4n) is 2.61. The Balaban J connectivity index is 1.84. The second kappa shape index (κ2) is 8.53. The van der Waals surface area contributed by atoms with E-state index >= 15 is 0 Å². The minimum absolute atomic E-state index is 0.111. The first-order valence-electron chi connectivity index (χ1n) is 8.41. The number of hydrogen-bond donors (Lipinski definition) is 0. The molecular weight excluding hydrogens is 358 g/mol. The zero-order valence-electron chi connectivity index (χ0n) is 14.6. The predicted octanol–water partition coefficient (Wildman–Crippen LogP) is 4.35. The van der Waals surface area contributed by atoms with Gasteiger partial charge in [0.2, 0.25) is 0 Å². The van der Waals surface area contributed by atoms with Gasteiger partial charge in [0.15, 0.2) is 28.8 Å². The highest BCUT2D eigenvalue weighted by Crippen LogP contribution is 2.34. The second-order valence-electron chi connectivity index (χ2n) is 5.54. The Kier molecular flexibility index (Phi) is 5.90. The minimum Gasteiger partial charge on any atom is -0.490 e. The van der Waals surface area contributed by atoms with Crippen LogP contribution in [0, 0.1) is 0 Å². The van der Waals surface area contributed by atoms with Crippen molar-refractivity contribution in [3.8, 4) is 23.0 Å². The average Bonchev–Trinajstić information content (AvgIpc) is 2.67. The fourth-order valence-corrected chi connectivity index (χ4v) is 2.61. The molecule has 5 nitrogen and oxygen atoms in total. The highest BCUT2D eigenvalue weighted by Gasteiger charge is 2.16. The summed E-state index contributed by atoms with van der Waals surface area (Å²) in [5, 5.41) is 0. The van der Waals surface area contributed by atoms with Crippen molar-refractivity contribution < 1.29 is 32.5 Å². The molecule has 1 heterocycles. The lowest BCUT2D eigenvalue weighted by Crippen LogP contribution is -2.15. The number of ketones is 1. The fraction of sp³-hybridized carbons (Fsp3) is 0.250. The van der Waals surface area contributed by atoms with Gasteiger partial charge < -0.3 is 18.9 Å². The Hall–Kier alpha value is -3.09. The van der Waals surface area contributed by atoms with Crippen molar-refractivity contribution >= 4 is 11.9 Å². The largest absolute Gasteiger partial charge is 0.490 e. The predicted molar refractivity (Wildman–Crippen MR) is 95.0 cm³/mol. The molecule has 0 bridgehead atoms. The number of hydrogen-bond acceptors (Lipinski definition) is 5. The molecule has 0 aliphatic carbocycles. The lowest BCUT2D eigenvalue weighted by Gasteiger charge is -2.18. The molecule has 0 amide bonds. The molecular formula is C20H18F2O5. The summed E-state index contributed by atoms with van der Waals surface area (Å²) in [5.41, 5.74) is 0.708. The van der Waals surface area contributed by atoms with Crippen LogP contribution in [0.2, 0.25) is 0 Å². The van der Waals surface area contributed by atoms with Gasteiger partial charge in [0.1, 0.15) is 13.2 Å². The molecule has 7 heteroatoms. The van der Waals surface area contributed by atoms with Crippen molar-refractivity contribution in [3.63, 3.8) is 0 Å². The van der Waals surface area contributed by atoms with Crippen LogP contribution in [-0.4, -0.2) is 32.2 Å². The van der Waals surface area contributed by atoms with Crippen LogP contribution in [-0.2, 0) is 0 Å². The van der Waals surface area contributed by atoms with Crippen LogP contribution < -0.4 is 18.9 Å². The standard InChI is InChI=1S/C20H18F2O5/c1-2-24-17-5-3-4-13(19(17)27-20(21)22)6-8-15(23)14-7-9-16-18(12-14)26-11-10-25-16/h3-9,12,20H,2,10-11H2,1H3/b8-6+. The summed E-state index contributed by atoms with van der Waals surface area (Å²) in [7, 11) is 0. The van der Waals surface area contributed by atoms with E-state index in [9.17, 15) is 13.6 Å². The number of fused-ring (bicyclic) bond motifs is 1. The van der Waals surface area contributed by atoms with Gasteiger partial charge in [-0.15, -0.1) is 0 Å². The molecule has 2 aromatic rings. The van der Waals surface area contributed by atoms with Crippen LogP contribution in [0.25, 0.3) is 6.08 Å². The van der Waals surface area contributed by atoms with Crippen LogP contribution in [0.15, 0.2) is 42.5 Å². The summed E-state index contributed by atoms with van der Waals surface area (Å²) in [5.74, 6) is 0.850. The molecule has 0 unspecified atom stereocenters. The Morgan fingerprint density at radius 3 is 2.70 bits per heavy atom. The number of para-hydroxylation sites is 1. The molecule has 142 valence electrons. The van der Waals surface area contributed by atoms with E-state index in [2.05, 4.69) is 4.74 Å². The lowest BCUT2D eigenvalue weighted by molar-refractivity contribution is -0.0515. The number of alkyl halides is 2. The zero-order valence-corrected chi connectivity index (χ0v) is 14.6. The van der Waals surface area contributed by atoms with Crippen LogP contribution in [0.3, 0.4) is 0 Å². The maximum Gasteiger partial charge on any atom is 0.387 e. The van der Waals surface area contributed by atoms with Gasteiger partial charge in [0, 0.05) is 11.1 Å². The molecule has 2 aromatic carbocycles.